The molecule has 1 amide bonds. The second-order valence-corrected chi connectivity index (χ2v) is 10.7. The summed E-state index contributed by atoms with van der Waals surface area (Å²) < 4.78 is 39.1. The van der Waals surface area contributed by atoms with Crippen LogP contribution in [0.3, 0.4) is 0 Å². The molecule has 2 aliphatic heterocycles. The maximum Gasteiger partial charge on any atom is 0.243 e. The van der Waals surface area contributed by atoms with Gasteiger partial charge >= 0.3 is 0 Å². The number of sulfonamides is 1. The first kappa shape index (κ1) is 23.6. The minimum Gasteiger partial charge on any atom is -0.490 e. The number of hydrogen-bond acceptors (Lipinski definition) is 5. The van der Waals surface area contributed by atoms with E-state index in [9.17, 15) is 13.2 Å². The molecule has 2 aliphatic rings. The molecule has 1 saturated heterocycles. The Labute approximate surface area is 196 Å². The Morgan fingerprint density at radius 2 is 1.73 bits per heavy atom. The standard InChI is InChI=1S/C25H32N2O5S/c1-3-22(19-7-5-18(2)6-8-19)26-25(28)20-11-13-27(14-12-20)33(29,30)21-9-10-23-24(17-21)32-16-4-15-31-23/h5-10,17,20,22H,3-4,11-16H2,1-2H3,(H,26,28). The molecule has 2 aromatic carbocycles. The number of nitrogens with zero attached hydrogens (tertiary/aromatic N) is 1. The summed E-state index contributed by atoms with van der Waals surface area (Å²) in [6.07, 6.45) is 2.56. The molecule has 2 aromatic rings. The van der Waals surface area contributed by atoms with Crippen molar-refractivity contribution in [2.45, 2.75) is 50.5 Å². The van der Waals surface area contributed by atoms with Crippen LogP contribution in [0.25, 0.3) is 0 Å². The summed E-state index contributed by atoms with van der Waals surface area (Å²) in [6, 6.07) is 12.9. The van der Waals surface area contributed by atoms with E-state index >= 15 is 0 Å². The van der Waals surface area contributed by atoms with E-state index in [1.54, 1.807) is 18.2 Å². The minimum absolute atomic E-state index is 0.00458. The molecule has 1 N–H and O–H groups in total. The van der Waals surface area contributed by atoms with Crippen molar-refractivity contribution in [3.8, 4) is 11.5 Å². The van der Waals surface area contributed by atoms with Gasteiger partial charge in [0.15, 0.2) is 11.5 Å². The number of benzene rings is 2. The van der Waals surface area contributed by atoms with Gasteiger partial charge in [-0.2, -0.15) is 4.31 Å². The number of nitrogens with one attached hydrogen (secondary N) is 1. The van der Waals surface area contributed by atoms with Crippen LogP contribution in [0.1, 0.15) is 49.8 Å². The molecule has 178 valence electrons. The van der Waals surface area contributed by atoms with E-state index in [1.165, 1.54) is 9.87 Å². The zero-order valence-electron chi connectivity index (χ0n) is 19.2. The maximum absolute atomic E-state index is 13.2. The van der Waals surface area contributed by atoms with Crippen molar-refractivity contribution in [3.63, 3.8) is 0 Å². The lowest BCUT2D eigenvalue weighted by Gasteiger charge is -2.31. The summed E-state index contributed by atoms with van der Waals surface area (Å²) in [7, 11) is -3.67. The number of carbonyl (C=O) groups is 1. The highest BCUT2D eigenvalue weighted by Crippen LogP contribution is 2.34. The fraction of sp³-hybridized carbons (Fsp3) is 0.480. The Morgan fingerprint density at radius 3 is 2.39 bits per heavy atom. The first-order valence-electron chi connectivity index (χ1n) is 11.6. The Bertz CT molecular complexity index is 1080. The van der Waals surface area contributed by atoms with Crippen LogP contribution in [0.4, 0.5) is 0 Å². The van der Waals surface area contributed by atoms with Crippen LogP contribution < -0.4 is 14.8 Å². The van der Waals surface area contributed by atoms with E-state index in [4.69, 9.17) is 9.47 Å². The van der Waals surface area contributed by atoms with Gasteiger partial charge in [-0.05, 0) is 43.9 Å². The quantitative estimate of drug-likeness (QED) is 0.691. The van der Waals surface area contributed by atoms with E-state index in [0.717, 1.165) is 18.4 Å². The van der Waals surface area contributed by atoms with Crippen molar-refractivity contribution in [1.82, 2.24) is 9.62 Å². The fourth-order valence-electron chi connectivity index (χ4n) is 4.32. The number of aryl methyl sites for hydroxylation is 1. The minimum atomic E-state index is -3.67. The Morgan fingerprint density at radius 1 is 1.06 bits per heavy atom. The predicted octanol–water partition coefficient (Wildman–Crippen LogP) is 3.82. The van der Waals surface area contributed by atoms with Gasteiger partial charge in [-0.25, -0.2) is 8.42 Å². The second-order valence-electron chi connectivity index (χ2n) is 8.72. The molecule has 1 atom stereocenters. The molecule has 4 rings (SSSR count). The first-order chi connectivity index (χ1) is 15.9. The van der Waals surface area contributed by atoms with Crippen LogP contribution in [0, 0.1) is 12.8 Å². The topological polar surface area (TPSA) is 84.9 Å². The van der Waals surface area contributed by atoms with Crippen molar-refractivity contribution in [3.05, 3.63) is 53.6 Å². The predicted molar refractivity (Wildman–Crippen MR) is 126 cm³/mol. The van der Waals surface area contributed by atoms with Gasteiger partial charge in [0.25, 0.3) is 0 Å². The molecule has 0 saturated carbocycles. The normalized spacial score (nSPS) is 18.4. The van der Waals surface area contributed by atoms with Crippen LogP contribution in [-0.2, 0) is 14.8 Å². The van der Waals surface area contributed by atoms with E-state index in [1.807, 2.05) is 31.2 Å². The molecule has 2 heterocycles. The third-order valence-electron chi connectivity index (χ3n) is 6.39. The number of hydrogen-bond donors (Lipinski definition) is 1. The Hall–Kier alpha value is -2.58. The number of amides is 1. The average molecular weight is 473 g/mol. The van der Waals surface area contributed by atoms with E-state index < -0.39 is 10.0 Å². The van der Waals surface area contributed by atoms with Gasteiger partial charge in [0.2, 0.25) is 15.9 Å². The summed E-state index contributed by atoms with van der Waals surface area (Å²) >= 11 is 0. The summed E-state index contributed by atoms with van der Waals surface area (Å²) in [4.78, 5) is 13.1. The SMILES string of the molecule is CCC(NC(=O)C1CCN(S(=O)(=O)c2ccc3c(c2)OCCCO3)CC1)c1ccc(C)cc1. The van der Waals surface area contributed by atoms with Crippen LogP contribution in [-0.4, -0.2) is 44.9 Å². The summed E-state index contributed by atoms with van der Waals surface area (Å²) in [5.74, 6) is 0.834. The molecule has 0 spiro atoms. The van der Waals surface area contributed by atoms with Gasteiger partial charge in [-0.3, -0.25) is 4.79 Å². The number of piperidine rings is 1. The summed E-state index contributed by atoms with van der Waals surface area (Å²) in [6.45, 7) is 5.77. The number of carbonyl (C=O) groups excluding carboxylic acids is 1. The largest absolute Gasteiger partial charge is 0.490 e. The highest BCUT2D eigenvalue weighted by atomic mass is 32.2. The van der Waals surface area contributed by atoms with E-state index in [0.29, 0.717) is 50.6 Å². The molecular formula is C25H32N2O5S. The molecule has 7 nitrogen and oxygen atoms in total. The number of fused-ring (bicyclic) bond motifs is 1. The first-order valence-corrected chi connectivity index (χ1v) is 13.1. The van der Waals surface area contributed by atoms with Crippen LogP contribution >= 0.6 is 0 Å². The zero-order chi connectivity index (χ0) is 23.4. The zero-order valence-corrected chi connectivity index (χ0v) is 20.1. The van der Waals surface area contributed by atoms with Crippen molar-refractivity contribution in [1.29, 1.82) is 0 Å². The fourth-order valence-corrected chi connectivity index (χ4v) is 5.81. The lowest BCUT2D eigenvalue weighted by atomic mass is 9.95. The van der Waals surface area contributed by atoms with E-state index in [2.05, 4.69) is 12.2 Å². The van der Waals surface area contributed by atoms with Crippen molar-refractivity contribution < 1.29 is 22.7 Å². The van der Waals surface area contributed by atoms with Gasteiger partial charge in [-0.15, -0.1) is 0 Å². The smallest absolute Gasteiger partial charge is 0.243 e. The van der Waals surface area contributed by atoms with Gasteiger partial charge in [0.05, 0.1) is 24.2 Å². The number of ether oxygens (including phenoxy) is 2. The van der Waals surface area contributed by atoms with Gasteiger partial charge in [-0.1, -0.05) is 36.8 Å². The molecule has 1 fully saturated rings. The summed E-state index contributed by atoms with van der Waals surface area (Å²) in [5, 5.41) is 3.16. The lowest BCUT2D eigenvalue weighted by molar-refractivity contribution is -0.126. The number of rotatable bonds is 6. The molecule has 0 radical (unpaired) electrons. The molecule has 1 unspecified atom stereocenters. The van der Waals surface area contributed by atoms with Crippen molar-refractivity contribution >= 4 is 15.9 Å². The Balaban J connectivity index is 1.38. The monoisotopic (exact) mass is 472 g/mol. The average Bonchev–Trinajstić information content (AvgIpc) is 3.08. The maximum atomic E-state index is 13.2. The molecule has 0 bridgehead atoms. The summed E-state index contributed by atoms with van der Waals surface area (Å²) in [5.41, 5.74) is 2.27. The highest BCUT2D eigenvalue weighted by molar-refractivity contribution is 7.89. The van der Waals surface area contributed by atoms with Crippen LogP contribution in [0.15, 0.2) is 47.4 Å². The van der Waals surface area contributed by atoms with Gasteiger partial charge in [0.1, 0.15) is 0 Å². The second kappa shape index (κ2) is 10.1. The molecule has 0 aromatic heterocycles. The lowest BCUT2D eigenvalue weighted by Crippen LogP contribution is -2.43. The third-order valence-corrected chi connectivity index (χ3v) is 8.28. The molecular weight excluding hydrogens is 440 g/mol. The van der Waals surface area contributed by atoms with Crippen molar-refractivity contribution in [2.24, 2.45) is 5.92 Å². The van der Waals surface area contributed by atoms with E-state index in [-0.39, 0.29) is 22.8 Å². The van der Waals surface area contributed by atoms with Gasteiger partial charge < -0.3 is 14.8 Å². The van der Waals surface area contributed by atoms with Crippen LogP contribution in [0.2, 0.25) is 0 Å². The molecule has 0 aliphatic carbocycles. The van der Waals surface area contributed by atoms with Gasteiger partial charge in [0, 0.05) is 31.5 Å². The highest BCUT2D eigenvalue weighted by Gasteiger charge is 2.33. The van der Waals surface area contributed by atoms with Crippen LogP contribution in [0.5, 0.6) is 11.5 Å². The molecule has 33 heavy (non-hydrogen) atoms. The Kier molecular flexibility index (Phi) is 7.24. The third kappa shape index (κ3) is 5.33. The van der Waals surface area contributed by atoms with Crippen molar-refractivity contribution in [2.75, 3.05) is 26.3 Å². The molecule has 8 heteroatoms.